The highest BCUT2D eigenvalue weighted by Crippen LogP contribution is 2.26. The summed E-state index contributed by atoms with van der Waals surface area (Å²) in [5, 5.41) is 12.1. The van der Waals surface area contributed by atoms with Gasteiger partial charge in [0.15, 0.2) is 6.10 Å². The minimum atomic E-state index is -4.77. The molecule has 0 heterocycles. The van der Waals surface area contributed by atoms with Crippen LogP contribution < -0.4 is 5.32 Å². The summed E-state index contributed by atoms with van der Waals surface area (Å²) < 4.78 is 36.9. The molecule has 0 aliphatic heterocycles. The van der Waals surface area contributed by atoms with E-state index in [1.54, 1.807) is 0 Å². The number of hydrogen-bond acceptors (Lipinski definition) is 3. The number of carbonyl (C=O) groups excluding carboxylic acids is 1. The third-order valence-electron chi connectivity index (χ3n) is 3.14. The second-order valence-corrected chi connectivity index (χ2v) is 4.66. The maximum atomic E-state index is 12.3. The maximum absolute atomic E-state index is 12.3. The average Bonchev–Trinajstić information content (AvgIpc) is 2.42. The lowest BCUT2D eigenvalue weighted by Crippen LogP contribution is -2.38. The Balaban J connectivity index is 2.44. The third kappa shape index (κ3) is 4.94. The fourth-order valence-corrected chi connectivity index (χ4v) is 1.87. The van der Waals surface area contributed by atoms with Gasteiger partial charge in [-0.25, -0.2) is 0 Å². The van der Waals surface area contributed by atoms with Crippen LogP contribution in [-0.4, -0.2) is 30.2 Å². The van der Waals surface area contributed by atoms with E-state index in [-0.39, 0.29) is 25.3 Å². The van der Waals surface area contributed by atoms with Crippen molar-refractivity contribution in [3.05, 3.63) is 35.9 Å². The minimum Gasteiger partial charge on any atom is -0.383 e. The average molecular weight is 289 g/mol. The predicted molar refractivity (Wildman–Crippen MR) is 69.1 cm³/mol. The van der Waals surface area contributed by atoms with Crippen molar-refractivity contribution < 1.29 is 23.1 Å². The first-order valence-corrected chi connectivity index (χ1v) is 6.34. The molecule has 3 nitrogen and oxygen atoms in total. The number of halogens is 3. The fraction of sp³-hybridized carbons (Fsp3) is 0.500. The van der Waals surface area contributed by atoms with Crippen LogP contribution in [0.2, 0.25) is 0 Å². The van der Waals surface area contributed by atoms with Gasteiger partial charge in [0, 0.05) is 6.04 Å². The molecule has 0 fully saturated rings. The molecule has 0 radical (unpaired) electrons. The lowest BCUT2D eigenvalue weighted by Gasteiger charge is -2.21. The number of rotatable bonds is 7. The summed E-state index contributed by atoms with van der Waals surface area (Å²) in [5.74, 6) is -1.44. The smallest absolute Gasteiger partial charge is 0.383 e. The van der Waals surface area contributed by atoms with E-state index >= 15 is 0 Å². The van der Waals surface area contributed by atoms with E-state index in [2.05, 4.69) is 5.32 Å². The molecule has 2 unspecified atom stereocenters. The largest absolute Gasteiger partial charge is 0.415 e. The van der Waals surface area contributed by atoms with Gasteiger partial charge in [-0.3, -0.25) is 0 Å². The van der Waals surface area contributed by atoms with Gasteiger partial charge < -0.3 is 15.2 Å². The molecule has 0 spiro atoms. The Hall–Kier alpha value is -1.40. The van der Waals surface area contributed by atoms with Gasteiger partial charge in [-0.05, 0) is 25.5 Å². The molecule has 3 atom stereocenters. The highest BCUT2D eigenvalue weighted by atomic mass is 19.4. The van der Waals surface area contributed by atoms with E-state index in [0.29, 0.717) is 0 Å². The number of benzene rings is 1. The molecule has 0 aliphatic rings. The van der Waals surface area contributed by atoms with Gasteiger partial charge in [0.05, 0.1) is 5.92 Å². The van der Waals surface area contributed by atoms with Gasteiger partial charge in [0.25, 0.3) is 0 Å². The van der Waals surface area contributed by atoms with E-state index in [9.17, 15) is 18.0 Å². The van der Waals surface area contributed by atoms with Gasteiger partial charge in [0.1, 0.15) is 6.29 Å². The lowest BCUT2D eigenvalue weighted by molar-refractivity contribution is -0.217. The van der Waals surface area contributed by atoms with Gasteiger partial charge in [-0.2, -0.15) is 13.2 Å². The molecule has 112 valence electrons. The summed E-state index contributed by atoms with van der Waals surface area (Å²) in [4.78, 5) is 10.7. The van der Waals surface area contributed by atoms with Crippen molar-refractivity contribution in [2.24, 2.45) is 5.92 Å². The molecule has 0 aromatic heterocycles. The Morgan fingerprint density at radius 2 is 1.90 bits per heavy atom. The van der Waals surface area contributed by atoms with Crippen molar-refractivity contribution in [2.45, 2.75) is 31.7 Å². The standard InChI is InChI=1S/C14H18F3NO2/c1-10(11-5-3-2-4-6-11)18-8-7-12(9-19)13(20)14(15,16)17/h2-6,9-10,12-13,18,20H,7-8H2,1H3/t10-,12?,13?/m1/s1. The second-order valence-electron chi connectivity index (χ2n) is 4.66. The summed E-state index contributed by atoms with van der Waals surface area (Å²) in [6.07, 6.45) is -7.28. The van der Waals surface area contributed by atoms with Crippen LogP contribution >= 0.6 is 0 Å². The number of alkyl halides is 3. The van der Waals surface area contributed by atoms with Crippen LogP contribution in [0.15, 0.2) is 30.3 Å². The molecule has 1 rings (SSSR count). The quantitative estimate of drug-likeness (QED) is 0.758. The number of hydrogen-bond donors (Lipinski definition) is 2. The Kier molecular flexibility index (Phi) is 6.16. The first-order chi connectivity index (χ1) is 9.36. The Bertz CT molecular complexity index is 409. The SMILES string of the molecule is C[C@@H](NCCC(C=O)C(O)C(F)(F)F)c1ccccc1. The topological polar surface area (TPSA) is 49.3 Å². The Labute approximate surface area is 115 Å². The number of carbonyl (C=O) groups is 1. The first kappa shape index (κ1) is 16.7. The zero-order chi connectivity index (χ0) is 15.2. The zero-order valence-electron chi connectivity index (χ0n) is 11.1. The molecule has 0 aliphatic carbocycles. The normalized spacial score (nSPS) is 16.4. The molecule has 20 heavy (non-hydrogen) atoms. The maximum Gasteiger partial charge on any atom is 0.415 e. The van der Waals surface area contributed by atoms with Crippen molar-refractivity contribution in [2.75, 3.05) is 6.54 Å². The summed E-state index contributed by atoms with van der Waals surface area (Å²) >= 11 is 0. The van der Waals surface area contributed by atoms with Crippen LogP contribution in [0.4, 0.5) is 13.2 Å². The number of nitrogens with one attached hydrogen (secondary N) is 1. The van der Waals surface area contributed by atoms with Gasteiger partial charge in [-0.1, -0.05) is 30.3 Å². The van der Waals surface area contributed by atoms with E-state index in [0.717, 1.165) is 5.56 Å². The van der Waals surface area contributed by atoms with E-state index in [4.69, 9.17) is 5.11 Å². The molecule has 0 saturated carbocycles. The van der Waals surface area contributed by atoms with E-state index in [1.807, 2.05) is 37.3 Å². The lowest BCUT2D eigenvalue weighted by atomic mass is 9.99. The molecule has 0 saturated heterocycles. The van der Waals surface area contributed by atoms with Crippen LogP contribution in [0.5, 0.6) is 0 Å². The Morgan fingerprint density at radius 1 is 1.30 bits per heavy atom. The summed E-state index contributed by atoms with van der Waals surface area (Å²) in [6, 6.07) is 9.38. The van der Waals surface area contributed by atoms with Crippen molar-refractivity contribution in [3.63, 3.8) is 0 Å². The predicted octanol–water partition coefficient (Wildman–Crippen LogP) is 2.47. The highest BCUT2D eigenvalue weighted by Gasteiger charge is 2.43. The molecule has 1 aromatic carbocycles. The van der Waals surface area contributed by atoms with E-state index < -0.39 is 18.2 Å². The van der Waals surface area contributed by atoms with Crippen molar-refractivity contribution >= 4 is 6.29 Å². The Morgan fingerprint density at radius 3 is 2.40 bits per heavy atom. The zero-order valence-corrected chi connectivity index (χ0v) is 11.1. The van der Waals surface area contributed by atoms with E-state index in [1.165, 1.54) is 0 Å². The highest BCUT2D eigenvalue weighted by molar-refractivity contribution is 5.54. The van der Waals surface area contributed by atoms with Gasteiger partial charge in [0.2, 0.25) is 0 Å². The first-order valence-electron chi connectivity index (χ1n) is 6.34. The molecule has 0 bridgehead atoms. The van der Waals surface area contributed by atoms with Crippen molar-refractivity contribution in [3.8, 4) is 0 Å². The van der Waals surface area contributed by atoms with Crippen LogP contribution in [0.3, 0.4) is 0 Å². The molecule has 0 amide bonds. The van der Waals surface area contributed by atoms with Crippen molar-refractivity contribution in [1.82, 2.24) is 5.32 Å². The summed E-state index contributed by atoms with van der Waals surface area (Å²) in [5.41, 5.74) is 1.01. The molecular formula is C14H18F3NO2. The third-order valence-corrected chi connectivity index (χ3v) is 3.14. The second kappa shape index (κ2) is 7.40. The van der Waals surface area contributed by atoms with Gasteiger partial charge in [-0.15, -0.1) is 0 Å². The van der Waals surface area contributed by atoms with Gasteiger partial charge >= 0.3 is 6.18 Å². The summed E-state index contributed by atoms with van der Waals surface area (Å²) in [7, 11) is 0. The molecular weight excluding hydrogens is 271 g/mol. The molecule has 6 heteroatoms. The number of aldehydes is 1. The van der Waals surface area contributed by atoms with Crippen LogP contribution in [-0.2, 0) is 4.79 Å². The summed E-state index contributed by atoms with van der Waals surface area (Å²) in [6.45, 7) is 2.10. The fourth-order valence-electron chi connectivity index (χ4n) is 1.87. The monoisotopic (exact) mass is 289 g/mol. The van der Waals surface area contributed by atoms with Crippen LogP contribution in [0.1, 0.15) is 24.9 Å². The van der Waals surface area contributed by atoms with Crippen LogP contribution in [0, 0.1) is 5.92 Å². The van der Waals surface area contributed by atoms with Crippen molar-refractivity contribution in [1.29, 1.82) is 0 Å². The minimum absolute atomic E-state index is 0.0356. The van der Waals surface area contributed by atoms with Crippen LogP contribution in [0.25, 0.3) is 0 Å². The molecule has 2 N–H and O–H groups in total. The molecule has 1 aromatic rings. The number of aliphatic hydroxyl groups excluding tert-OH is 1. The number of aliphatic hydroxyl groups is 1.